The van der Waals surface area contributed by atoms with E-state index < -0.39 is 11.7 Å². The number of pyridine rings is 1. The minimum atomic E-state index is -4.34. The zero-order valence-electron chi connectivity index (χ0n) is 14.8. The molecular formula is C17H22F3N5S. The van der Waals surface area contributed by atoms with Crippen LogP contribution in [0.25, 0.3) is 0 Å². The summed E-state index contributed by atoms with van der Waals surface area (Å²) in [5, 5.41) is 4.54. The van der Waals surface area contributed by atoms with Gasteiger partial charge in [0.25, 0.3) is 0 Å². The second kappa shape index (κ2) is 7.87. The molecule has 26 heavy (non-hydrogen) atoms. The first-order chi connectivity index (χ1) is 12.4. The lowest BCUT2D eigenvalue weighted by atomic mass is 10.0. The highest BCUT2D eigenvalue weighted by Crippen LogP contribution is 2.29. The van der Waals surface area contributed by atoms with E-state index in [9.17, 15) is 13.2 Å². The number of nitrogens with one attached hydrogen (secondary N) is 1. The Morgan fingerprint density at radius 3 is 2.46 bits per heavy atom. The van der Waals surface area contributed by atoms with E-state index in [1.165, 1.54) is 6.07 Å². The molecule has 0 amide bonds. The third-order valence-electron chi connectivity index (χ3n) is 4.69. The Bertz CT molecular complexity index is 721. The molecular weight excluding hydrogens is 363 g/mol. The fraction of sp³-hybridized carbons (Fsp3) is 0.529. The van der Waals surface area contributed by atoms with Crippen LogP contribution >= 0.6 is 11.8 Å². The lowest BCUT2D eigenvalue weighted by Gasteiger charge is -2.33. The third-order valence-corrected chi connectivity index (χ3v) is 5.43. The molecule has 142 valence electrons. The maximum absolute atomic E-state index is 12.6. The number of hydrogen-bond donors (Lipinski definition) is 1. The van der Waals surface area contributed by atoms with Gasteiger partial charge in [-0.3, -0.25) is 0 Å². The quantitative estimate of drug-likeness (QED) is 0.800. The Kier molecular flexibility index (Phi) is 5.76. The summed E-state index contributed by atoms with van der Waals surface area (Å²) < 4.78 is 39.9. The molecule has 0 bridgehead atoms. The summed E-state index contributed by atoms with van der Waals surface area (Å²) in [6.45, 7) is 2.31. The predicted molar refractivity (Wildman–Crippen MR) is 96.3 cm³/mol. The van der Waals surface area contributed by atoms with E-state index in [0.717, 1.165) is 55.6 Å². The number of imidazole rings is 1. The Balaban J connectivity index is 1.50. The number of aromatic nitrogens is 3. The third kappa shape index (κ3) is 4.32. The molecule has 0 atom stereocenters. The van der Waals surface area contributed by atoms with Crippen molar-refractivity contribution in [1.82, 2.24) is 19.9 Å². The van der Waals surface area contributed by atoms with Crippen LogP contribution in [0.1, 0.15) is 24.1 Å². The highest BCUT2D eigenvalue weighted by Gasteiger charge is 2.31. The molecule has 1 aliphatic heterocycles. The van der Waals surface area contributed by atoms with Crippen LogP contribution in [0.15, 0.2) is 29.7 Å². The molecule has 0 radical (unpaired) electrons. The van der Waals surface area contributed by atoms with Gasteiger partial charge in [0, 0.05) is 38.9 Å². The van der Waals surface area contributed by atoms with Gasteiger partial charge in [-0.2, -0.15) is 13.2 Å². The predicted octanol–water partition coefficient (Wildman–Crippen LogP) is 3.31. The normalized spacial score (nSPS) is 16.3. The summed E-state index contributed by atoms with van der Waals surface area (Å²) >= 11 is 1.62. The number of rotatable bonds is 5. The van der Waals surface area contributed by atoms with Crippen LogP contribution in [0.4, 0.5) is 19.0 Å². The highest BCUT2D eigenvalue weighted by atomic mass is 32.2. The molecule has 1 aliphatic rings. The van der Waals surface area contributed by atoms with Gasteiger partial charge >= 0.3 is 6.18 Å². The van der Waals surface area contributed by atoms with Crippen molar-refractivity contribution in [3.63, 3.8) is 0 Å². The van der Waals surface area contributed by atoms with Gasteiger partial charge in [0.05, 0.1) is 17.5 Å². The van der Waals surface area contributed by atoms with Crippen LogP contribution in [0.2, 0.25) is 0 Å². The number of thioether (sulfide) groups is 1. The first-order valence-corrected chi connectivity index (χ1v) is 9.67. The lowest BCUT2D eigenvalue weighted by molar-refractivity contribution is -0.137. The van der Waals surface area contributed by atoms with Crippen LogP contribution in [-0.4, -0.2) is 39.9 Å². The average molecular weight is 385 g/mol. The zero-order valence-corrected chi connectivity index (χ0v) is 15.6. The van der Waals surface area contributed by atoms with Crippen molar-refractivity contribution in [2.24, 2.45) is 7.05 Å². The van der Waals surface area contributed by atoms with Crippen molar-refractivity contribution in [1.29, 1.82) is 0 Å². The molecule has 2 aromatic rings. The Morgan fingerprint density at radius 2 is 1.92 bits per heavy atom. The van der Waals surface area contributed by atoms with Crippen molar-refractivity contribution in [3.8, 4) is 0 Å². The van der Waals surface area contributed by atoms with Gasteiger partial charge in [0.2, 0.25) is 0 Å². The van der Waals surface area contributed by atoms with Crippen molar-refractivity contribution >= 4 is 17.6 Å². The van der Waals surface area contributed by atoms with E-state index >= 15 is 0 Å². The highest BCUT2D eigenvalue weighted by molar-refractivity contribution is 7.98. The molecule has 1 N–H and O–H groups in total. The minimum Gasteiger partial charge on any atom is -0.357 e. The molecule has 0 spiro atoms. The van der Waals surface area contributed by atoms with Gasteiger partial charge in [0.15, 0.2) is 5.16 Å². The summed E-state index contributed by atoms with van der Waals surface area (Å²) in [7, 11) is 2.01. The Hall–Kier alpha value is -1.74. The zero-order chi connectivity index (χ0) is 18.7. The molecule has 5 nitrogen and oxygen atoms in total. The standard InChI is InChI=1S/C17H22F3N5S/c1-24-14(11-23-16(24)26-2)10-21-13-5-7-25(8-6-13)15-4-3-12(9-22-15)17(18,19)20/h3-4,9,11,13,21H,5-8,10H2,1-2H3. The van der Waals surface area contributed by atoms with Crippen LogP contribution < -0.4 is 10.2 Å². The summed E-state index contributed by atoms with van der Waals surface area (Å²) in [6, 6.07) is 2.93. The summed E-state index contributed by atoms with van der Waals surface area (Å²) in [4.78, 5) is 10.4. The van der Waals surface area contributed by atoms with E-state index in [4.69, 9.17) is 0 Å². The van der Waals surface area contributed by atoms with Crippen LogP contribution in [0, 0.1) is 0 Å². The van der Waals surface area contributed by atoms with E-state index in [0.29, 0.717) is 11.9 Å². The molecule has 2 aromatic heterocycles. The van der Waals surface area contributed by atoms with E-state index in [1.54, 1.807) is 11.8 Å². The molecule has 0 saturated carbocycles. The van der Waals surface area contributed by atoms with E-state index in [-0.39, 0.29) is 0 Å². The van der Waals surface area contributed by atoms with Crippen molar-refractivity contribution in [2.45, 2.75) is 36.8 Å². The Morgan fingerprint density at radius 1 is 1.19 bits per heavy atom. The molecule has 3 heterocycles. The second-order valence-corrected chi connectivity index (χ2v) is 7.11. The molecule has 0 unspecified atom stereocenters. The van der Waals surface area contributed by atoms with Gasteiger partial charge < -0.3 is 14.8 Å². The number of piperidine rings is 1. The average Bonchev–Trinajstić information content (AvgIpc) is 2.99. The lowest BCUT2D eigenvalue weighted by Crippen LogP contribution is -2.42. The van der Waals surface area contributed by atoms with Crippen molar-refractivity contribution in [3.05, 3.63) is 35.8 Å². The smallest absolute Gasteiger partial charge is 0.357 e. The molecule has 0 aliphatic carbocycles. The number of halogens is 3. The fourth-order valence-corrected chi connectivity index (χ4v) is 3.63. The second-order valence-electron chi connectivity index (χ2n) is 6.34. The minimum absolute atomic E-state index is 0.383. The molecule has 1 saturated heterocycles. The monoisotopic (exact) mass is 385 g/mol. The first-order valence-electron chi connectivity index (χ1n) is 8.44. The van der Waals surface area contributed by atoms with Gasteiger partial charge in [-0.25, -0.2) is 9.97 Å². The van der Waals surface area contributed by atoms with Gasteiger partial charge in [-0.15, -0.1) is 0 Å². The molecule has 9 heteroatoms. The topological polar surface area (TPSA) is 46.0 Å². The number of hydrogen-bond acceptors (Lipinski definition) is 5. The SMILES string of the molecule is CSc1ncc(CNC2CCN(c3ccc(C(F)(F)F)cn3)CC2)n1C. The maximum Gasteiger partial charge on any atom is 0.417 e. The number of anilines is 1. The van der Waals surface area contributed by atoms with E-state index in [1.807, 2.05) is 24.4 Å². The van der Waals surface area contributed by atoms with Crippen molar-refractivity contribution in [2.75, 3.05) is 24.2 Å². The summed E-state index contributed by atoms with van der Waals surface area (Å²) in [5.41, 5.74) is 0.430. The van der Waals surface area contributed by atoms with Crippen LogP contribution in [0.5, 0.6) is 0 Å². The van der Waals surface area contributed by atoms with Gasteiger partial charge in [0.1, 0.15) is 5.82 Å². The molecule has 0 aromatic carbocycles. The van der Waals surface area contributed by atoms with Crippen LogP contribution in [-0.2, 0) is 19.8 Å². The van der Waals surface area contributed by atoms with Crippen LogP contribution in [0.3, 0.4) is 0 Å². The molecule has 3 rings (SSSR count). The van der Waals surface area contributed by atoms with Crippen molar-refractivity contribution < 1.29 is 13.2 Å². The first kappa shape index (κ1) is 19.0. The van der Waals surface area contributed by atoms with Gasteiger partial charge in [-0.05, 0) is 31.2 Å². The van der Waals surface area contributed by atoms with Gasteiger partial charge in [-0.1, -0.05) is 11.8 Å². The maximum atomic E-state index is 12.6. The summed E-state index contributed by atoms with van der Waals surface area (Å²) in [5.74, 6) is 0.604. The van der Waals surface area contributed by atoms with E-state index in [2.05, 4.69) is 19.9 Å². The number of alkyl halides is 3. The Labute approximate surface area is 155 Å². The fourth-order valence-electron chi connectivity index (χ4n) is 3.08. The summed E-state index contributed by atoms with van der Waals surface area (Å²) in [6.07, 6.45) is 2.31. The molecule has 1 fully saturated rings. The largest absolute Gasteiger partial charge is 0.417 e. The number of nitrogens with zero attached hydrogens (tertiary/aromatic N) is 4.